The molecule has 2 aromatic rings. The van der Waals surface area contributed by atoms with E-state index in [-0.39, 0.29) is 16.8 Å². The van der Waals surface area contributed by atoms with Gasteiger partial charge in [0, 0.05) is 10.9 Å². The third kappa shape index (κ3) is 4.03. The third-order valence-corrected chi connectivity index (χ3v) is 3.87. The monoisotopic (exact) mass is 364 g/mol. The lowest BCUT2D eigenvalue weighted by atomic mass is 10.0. The number of rotatable bonds is 3. The van der Waals surface area contributed by atoms with E-state index in [4.69, 9.17) is 0 Å². The zero-order valence-corrected chi connectivity index (χ0v) is 12.2. The van der Waals surface area contributed by atoms with E-state index in [9.17, 15) is 22.0 Å². The smallest absolute Gasteiger partial charge is 0.207 e. The quantitative estimate of drug-likeness (QED) is 0.486. The Labute approximate surface area is 126 Å². The van der Waals surface area contributed by atoms with Crippen LogP contribution in [-0.2, 0) is 12.6 Å². The summed E-state index contributed by atoms with van der Waals surface area (Å²) in [7, 11) is 0. The third-order valence-electron chi connectivity index (χ3n) is 3.01. The van der Waals surface area contributed by atoms with Crippen molar-refractivity contribution < 1.29 is 22.0 Å². The Morgan fingerprint density at radius 1 is 0.952 bits per heavy atom. The first-order valence-corrected chi connectivity index (χ1v) is 6.94. The molecule has 6 heteroatoms. The zero-order valence-electron chi connectivity index (χ0n) is 10.6. The van der Waals surface area contributed by atoms with Crippen molar-refractivity contribution in [2.75, 3.05) is 0 Å². The largest absolute Gasteiger partial charge is 0.416 e. The molecule has 2 aromatic carbocycles. The van der Waals surface area contributed by atoms with E-state index in [1.165, 1.54) is 18.2 Å². The SMILES string of the molecule is Fc1ccc(CC(Br)c2ccc(C(F)(F)F)cc2)c(F)c1. The molecule has 2 rings (SSSR count). The van der Waals surface area contributed by atoms with Crippen molar-refractivity contribution in [2.24, 2.45) is 0 Å². The minimum Gasteiger partial charge on any atom is -0.207 e. The molecule has 21 heavy (non-hydrogen) atoms. The number of alkyl halides is 4. The summed E-state index contributed by atoms with van der Waals surface area (Å²) >= 11 is 3.31. The maximum Gasteiger partial charge on any atom is 0.416 e. The van der Waals surface area contributed by atoms with Gasteiger partial charge in [0.1, 0.15) is 11.6 Å². The van der Waals surface area contributed by atoms with Crippen molar-refractivity contribution in [3.63, 3.8) is 0 Å². The minimum atomic E-state index is -4.39. The Bertz CT molecular complexity index is 619. The van der Waals surface area contributed by atoms with E-state index in [0.29, 0.717) is 5.56 Å². The van der Waals surface area contributed by atoms with Crippen LogP contribution in [0.15, 0.2) is 42.5 Å². The van der Waals surface area contributed by atoms with E-state index in [1.54, 1.807) is 0 Å². The van der Waals surface area contributed by atoms with Gasteiger partial charge >= 0.3 is 6.18 Å². The number of halogens is 6. The van der Waals surface area contributed by atoms with E-state index in [1.807, 2.05) is 0 Å². The second kappa shape index (κ2) is 6.13. The van der Waals surface area contributed by atoms with Crippen molar-refractivity contribution in [1.29, 1.82) is 0 Å². The molecule has 0 saturated heterocycles. The van der Waals surface area contributed by atoms with Crippen LogP contribution in [0.25, 0.3) is 0 Å². The fraction of sp³-hybridized carbons (Fsp3) is 0.200. The van der Waals surface area contributed by atoms with Gasteiger partial charge in [0.05, 0.1) is 5.56 Å². The van der Waals surface area contributed by atoms with Gasteiger partial charge in [-0.15, -0.1) is 0 Å². The average Bonchev–Trinajstić information content (AvgIpc) is 2.41. The summed E-state index contributed by atoms with van der Waals surface area (Å²) in [4.78, 5) is -0.361. The molecule has 112 valence electrons. The molecule has 0 fully saturated rings. The highest BCUT2D eigenvalue weighted by molar-refractivity contribution is 9.09. The maximum atomic E-state index is 13.5. The van der Waals surface area contributed by atoms with Crippen LogP contribution in [0.5, 0.6) is 0 Å². The Morgan fingerprint density at radius 2 is 1.57 bits per heavy atom. The first-order chi connectivity index (χ1) is 9.77. The zero-order chi connectivity index (χ0) is 15.6. The summed E-state index contributed by atoms with van der Waals surface area (Å²) < 4.78 is 63.7. The lowest BCUT2D eigenvalue weighted by Crippen LogP contribution is -2.05. The van der Waals surface area contributed by atoms with Crippen molar-refractivity contribution in [3.8, 4) is 0 Å². The van der Waals surface area contributed by atoms with Gasteiger partial charge < -0.3 is 0 Å². The van der Waals surface area contributed by atoms with E-state index in [0.717, 1.165) is 24.3 Å². The Kier molecular flexibility index (Phi) is 4.66. The molecule has 1 atom stereocenters. The van der Waals surface area contributed by atoms with Gasteiger partial charge in [0.2, 0.25) is 0 Å². The van der Waals surface area contributed by atoms with Crippen LogP contribution in [0.3, 0.4) is 0 Å². The number of benzene rings is 2. The van der Waals surface area contributed by atoms with Gasteiger partial charge in [0.25, 0.3) is 0 Å². The van der Waals surface area contributed by atoms with Crippen LogP contribution in [0, 0.1) is 11.6 Å². The summed E-state index contributed by atoms with van der Waals surface area (Å²) in [5.41, 5.74) is 0.142. The van der Waals surface area contributed by atoms with E-state index >= 15 is 0 Å². The molecule has 0 spiro atoms. The standard InChI is InChI=1S/C15H10BrF5/c16-13(7-10-3-6-12(17)8-14(10)18)9-1-4-11(5-2-9)15(19,20)21/h1-6,8,13H,7H2. The molecule has 0 aliphatic rings. The summed E-state index contributed by atoms with van der Waals surface area (Å²) in [6.45, 7) is 0. The average molecular weight is 365 g/mol. The molecular weight excluding hydrogens is 355 g/mol. The molecule has 0 nitrogen and oxygen atoms in total. The highest BCUT2D eigenvalue weighted by Crippen LogP contribution is 2.33. The Morgan fingerprint density at radius 3 is 2.10 bits per heavy atom. The molecule has 0 aliphatic carbocycles. The molecule has 0 amide bonds. The first kappa shape index (κ1) is 15.9. The molecule has 0 saturated carbocycles. The normalized spacial score (nSPS) is 13.2. The topological polar surface area (TPSA) is 0 Å². The van der Waals surface area contributed by atoms with Gasteiger partial charge in [-0.3, -0.25) is 0 Å². The molecule has 0 N–H and O–H groups in total. The second-order valence-electron chi connectivity index (χ2n) is 4.53. The molecule has 0 bridgehead atoms. The van der Waals surface area contributed by atoms with Gasteiger partial charge in [0.15, 0.2) is 0 Å². The van der Waals surface area contributed by atoms with Crippen LogP contribution >= 0.6 is 15.9 Å². The minimum absolute atomic E-state index is 0.206. The summed E-state index contributed by atoms with van der Waals surface area (Å²) in [6, 6.07) is 7.87. The fourth-order valence-corrected chi connectivity index (χ4v) is 2.53. The lowest BCUT2D eigenvalue weighted by molar-refractivity contribution is -0.137. The van der Waals surface area contributed by atoms with Gasteiger partial charge in [-0.1, -0.05) is 34.1 Å². The van der Waals surface area contributed by atoms with Crippen molar-refractivity contribution in [1.82, 2.24) is 0 Å². The second-order valence-corrected chi connectivity index (χ2v) is 5.63. The Hall–Kier alpha value is -1.43. The predicted octanol–water partition coefficient (Wildman–Crippen LogP) is 5.66. The van der Waals surface area contributed by atoms with E-state index < -0.39 is 23.4 Å². The molecule has 1 unspecified atom stereocenters. The Balaban J connectivity index is 2.15. The highest BCUT2D eigenvalue weighted by Gasteiger charge is 2.30. The summed E-state index contributed by atoms with van der Waals surface area (Å²) in [6.07, 6.45) is -4.18. The molecule has 0 heterocycles. The van der Waals surface area contributed by atoms with Crippen molar-refractivity contribution in [3.05, 3.63) is 70.8 Å². The van der Waals surface area contributed by atoms with Gasteiger partial charge in [-0.2, -0.15) is 13.2 Å². The molecule has 0 aliphatic heterocycles. The van der Waals surface area contributed by atoms with Crippen LogP contribution < -0.4 is 0 Å². The summed E-state index contributed by atoms with van der Waals surface area (Å²) in [5, 5.41) is 0. The molecular formula is C15H10BrF5. The maximum absolute atomic E-state index is 13.5. The number of hydrogen-bond donors (Lipinski definition) is 0. The van der Waals surface area contributed by atoms with Crippen molar-refractivity contribution in [2.45, 2.75) is 17.4 Å². The fourth-order valence-electron chi connectivity index (χ4n) is 1.88. The van der Waals surface area contributed by atoms with Gasteiger partial charge in [-0.05, 0) is 35.7 Å². The van der Waals surface area contributed by atoms with Crippen LogP contribution in [-0.4, -0.2) is 0 Å². The lowest BCUT2D eigenvalue weighted by Gasteiger charge is -2.13. The summed E-state index contributed by atoms with van der Waals surface area (Å²) in [5.74, 6) is -1.34. The predicted molar refractivity (Wildman–Crippen MR) is 73.2 cm³/mol. The van der Waals surface area contributed by atoms with Crippen LogP contribution in [0.2, 0.25) is 0 Å². The molecule has 0 radical (unpaired) electrons. The van der Waals surface area contributed by atoms with Gasteiger partial charge in [-0.25, -0.2) is 8.78 Å². The number of hydrogen-bond acceptors (Lipinski definition) is 0. The van der Waals surface area contributed by atoms with Crippen molar-refractivity contribution >= 4 is 15.9 Å². The first-order valence-electron chi connectivity index (χ1n) is 6.02. The van der Waals surface area contributed by atoms with Crippen LogP contribution in [0.1, 0.15) is 21.5 Å². The molecule has 0 aromatic heterocycles. The highest BCUT2D eigenvalue weighted by atomic mass is 79.9. The van der Waals surface area contributed by atoms with E-state index in [2.05, 4.69) is 15.9 Å². The van der Waals surface area contributed by atoms with Crippen LogP contribution in [0.4, 0.5) is 22.0 Å².